The van der Waals surface area contributed by atoms with Gasteiger partial charge in [0.15, 0.2) is 0 Å². The van der Waals surface area contributed by atoms with Gasteiger partial charge in [0.25, 0.3) is 0 Å². The molecule has 0 spiro atoms. The van der Waals surface area contributed by atoms with Crippen LogP contribution in [0, 0.1) is 12.8 Å². The van der Waals surface area contributed by atoms with E-state index in [9.17, 15) is 9.59 Å². The van der Waals surface area contributed by atoms with Crippen molar-refractivity contribution in [2.24, 2.45) is 5.92 Å². The molecule has 0 aliphatic heterocycles. The number of nitrogens with zero attached hydrogens (tertiary/aromatic N) is 2. The summed E-state index contributed by atoms with van der Waals surface area (Å²) in [5.74, 6) is 0.604. The molecule has 25 heavy (non-hydrogen) atoms. The number of rotatable bonds is 8. The first-order valence-corrected chi connectivity index (χ1v) is 9.96. The zero-order valence-electron chi connectivity index (χ0n) is 14.5. The third-order valence-corrected chi connectivity index (χ3v) is 4.89. The van der Waals surface area contributed by atoms with Crippen molar-refractivity contribution in [2.45, 2.75) is 27.2 Å². The largest absolute Gasteiger partial charge is 0.325 e. The Morgan fingerprint density at radius 1 is 1.08 bits per heavy atom. The van der Waals surface area contributed by atoms with Crippen molar-refractivity contribution in [2.75, 3.05) is 22.1 Å². The van der Waals surface area contributed by atoms with Crippen LogP contribution in [0.3, 0.4) is 0 Å². The number of amides is 2. The molecular formula is C17H22N4O2S2. The van der Waals surface area contributed by atoms with Crippen molar-refractivity contribution in [1.29, 1.82) is 0 Å². The van der Waals surface area contributed by atoms with Gasteiger partial charge in [0, 0.05) is 12.1 Å². The second kappa shape index (κ2) is 9.53. The van der Waals surface area contributed by atoms with E-state index in [-0.39, 0.29) is 23.3 Å². The van der Waals surface area contributed by atoms with Gasteiger partial charge >= 0.3 is 0 Å². The Hall–Kier alpha value is -1.93. The summed E-state index contributed by atoms with van der Waals surface area (Å²) in [6.07, 6.45) is 0.849. The minimum Gasteiger partial charge on any atom is -0.325 e. The Morgan fingerprint density at radius 2 is 1.72 bits per heavy atom. The van der Waals surface area contributed by atoms with Crippen molar-refractivity contribution in [1.82, 2.24) is 10.2 Å². The van der Waals surface area contributed by atoms with Crippen molar-refractivity contribution in [3.8, 4) is 0 Å². The molecule has 134 valence electrons. The first kappa shape index (κ1) is 19.4. The molecule has 2 amide bonds. The maximum atomic E-state index is 11.9. The molecule has 1 heterocycles. The third-order valence-electron chi connectivity index (χ3n) is 3.10. The Balaban J connectivity index is 1.68. The standard InChI is InChI=1S/C17H22N4O2S2/c1-11(2)8-16-20-21-17(25-16)19-15(23)10-24-9-14(22)18-13-6-4-12(3)5-7-13/h4-7,11H,8-10H2,1-3H3,(H,18,22)(H,19,21,23). The van der Waals surface area contributed by atoms with Gasteiger partial charge in [-0.2, -0.15) is 0 Å². The molecule has 0 bridgehead atoms. The van der Waals surface area contributed by atoms with E-state index in [1.165, 1.54) is 23.1 Å². The van der Waals surface area contributed by atoms with E-state index in [1.54, 1.807) is 0 Å². The molecule has 0 fully saturated rings. The molecule has 0 aliphatic rings. The summed E-state index contributed by atoms with van der Waals surface area (Å²) in [5, 5.41) is 15.0. The lowest BCUT2D eigenvalue weighted by Gasteiger charge is -2.05. The van der Waals surface area contributed by atoms with Gasteiger partial charge in [0.05, 0.1) is 11.5 Å². The fourth-order valence-corrected chi connectivity index (χ4v) is 3.55. The van der Waals surface area contributed by atoms with Crippen LogP contribution in [-0.4, -0.2) is 33.5 Å². The quantitative estimate of drug-likeness (QED) is 0.736. The van der Waals surface area contributed by atoms with E-state index in [4.69, 9.17) is 0 Å². The fourth-order valence-electron chi connectivity index (χ4n) is 1.96. The molecule has 2 rings (SSSR count). The average molecular weight is 379 g/mol. The molecule has 0 atom stereocenters. The number of carbonyl (C=O) groups excluding carboxylic acids is 2. The van der Waals surface area contributed by atoms with Crippen molar-refractivity contribution >= 4 is 45.7 Å². The van der Waals surface area contributed by atoms with E-state index in [0.717, 1.165) is 22.7 Å². The van der Waals surface area contributed by atoms with Crippen LogP contribution in [-0.2, 0) is 16.0 Å². The van der Waals surface area contributed by atoms with Crippen molar-refractivity contribution in [3.05, 3.63) is 34.8 Å². The number of benzene rings is 1. The van der Waals surface area contributed by atoms with Gasteiger partial charge in [-0.25, -0.2) is 0 Å². The summed E-state index contributed by atoms with van der Waals surface area (Å²) in [5.41, 5.74) is 1.89. The topological polar surface area (TPSA) is 84.0 Å². The van der Waals surface area contributed by atoms with Crippen LogP contribution in [0.1, 0.15) is 24.4 Å². The molecule has 0 radical (unpaired) electrons. The summed E-state index contributed by atoms with van der Waals surface area (Å²) < 4.78 is 0. The minimum atomic E-state index is -0.180. The van der Waals surface area contributed by atoms with Gasteiger partial charge in [-0.3, -0.25) is 14.9 Å². The van der Waals surface area contributed by atoms with Crippen LogP contribution in [0.4, 0.5) is 10.8 Å². The van der Waals surface area contributed by atoms with Gasteiger partial charge in [0.1, 0.15) is 5.01 Å². The third kappa shape index (κ3) is 7.23. The number of carbonyl (C=O) groups is 2. The molecule has 1 aromatic heterocycles. The molecule has 0 saturated carbocycles. The second-order valence-corrected chi connectivity index (χ2v) is 8.10. The zero-order valence-corrected chi connectivity index (χ0v) is 16.2. The van der Waals surface area contributed by atoms with Crippen LogP contribution in [0.2, 0.25) is 0 Å². The van der Waals surface area contributed by atoms with Gasteiger partial charge in [-0.05, 0) is 25.0 Å². The molecule has 0 aliphatic carbocycles. The number of nitrogens with one attached hydrogen (secondary N) is 2. The van der Waals surface area contributed by atoms with Gasteiger partial charge in [0.2, 0.25) is 16.9 Å². The SMILES string of the molecule is Cc1ccc(NC(=O)CSCC(=O)Nc2nnc(CC(C)C)s2)cc1. The van der Waals surface area contributed by atoms with Crippen LogP contribution in [0.5, 0.6) is 0 Å². The maximum absolute atomic E-state index is 11.9. The Labute approximate surface area is 155 Å². The summed E-state index contributed by atoms with van der Waals surface area (Å²) in [7, 11) is 0. The summed E-state index contributed by atoms with van der Waals surface area (Å²) in [6.45, 7) is 6.21. The predicted octanol–water partition coefficient (Wildman–Crippen LogP) is 3.36. The molecule has 1 aromatic carbocycles. The van der Waals surface area contributed by atoms with E-state index in [2.05, 4.69) is 34.7 Å². The predicted molar refractivity (Wildman–Crippen MR) is 104 cm³/mol. The van der Waals surface area contributed by atoms with Crippen LogP contribution in [0.15, 0.2) is 24.3 Å². The molecule has 6 nitrogen and oxygen atoms in total. The number of anilines is 2. The van der Waals surface area contributed by atoms with Crippen molar-refractivity contribution < 1.29 is 9.59 Å². The Morgan fingerprint density at radius 3 is 2.36 bits per heavy atom. The number of thioether (sulfide) groups is 1. The van der Waals surface area contributed by atoms with Crippen LogP contribution >= 0.6 is 23.1 Å². The van der Waals surface area contributed by atoms with E-state index in [0.29, 0.717) is 11.0 Å². The molecular weight excluding hydrogens is 356 g/mol. The number of aromatic nitrogens is 2. The number of hydrogen-bond acceptors (Lipinski definition) is 6. The van der Waals surface area contributed by atoms with Gasteiger partial charge in [-0.15, -0.1) is 22.0 Å². The highest BCUT2D eigenvalue weighted by atomic mass is 32.2. The first-order chi connectivity index (χ1) is 11.9. The monoisotopic (exact) mass is 378 g/mol. The lowest BCUT2D eigenvalue weighted by atomic mass is 10.1. The Bertz CT molecular complexity index is 714. The maximum Gasteiger partial charge on any atom is 0.236 e. The van der Waals surface area contributed by atoms with Crippen LogP contribution < -0.4 is 10.6 Å². The number of aryl methyl sites for hydroxylation is 1. The smallest absolute Gasteiger partial charge is 0.236 e. The van der Waals surface area contributed by atoms with E-state index in [1.807, 2.05) is 31.2 Å². The summed E-state index contributed by atoms with van der Waals surface area (Å²) in [4.78, 5) is 23.8. The average Bonchev–Trinajstić information content (AvgIpc) is 2.95. The fraction of sp³-hybridized carbons (Fsp3) is 0.412. The van der Waals surface area contributed by atoms with Gasteiger partial charge < -0.3 is 5.32 Å². The number of hydrogen-bond donors (Lipinski definition) is 2. The van der Waals surface area contributed by atoms with E-state index >= 15 is 0 Å². The molecule has 2 N–H and O–H groups in total. The second-order valence-electron chi connectivity index (χ2n) is 6.05. The Kier molecular flexibility index (Phi) is 7.39. The molecule has 0 saturated heterocycles. The first-order valence-electron chi connectivity index (χ1n) is 7.99. The molecule has 0 unspecified atom stereocenters. The zero-order chi connectivity index (χ0) is 18.2. The minimum absolute atomic E-state index is 0.128. The molecule has 8 heteroatoms. The lowest BCUT2D eigenvalue weighted by Crippen LogP contribution is -2.18. The lowest BCUT2D eigenvalue weighted by molar-refractivity contribution is -0.114. The summed E-state index contributed by atoms with van der Waals surface area (Å²) >= 11 is 2.65. The molecule has 2 aromatic rings. The van der Waals surface area contributed by atoms with E-state index < -0.39 is 0 Å². The highest BCUT2D eigenvalue weighted by Gasteiger charge is 2.10. The van der Waals surface area contributed by atoms with Gasteiger partial charge in [-0.1, -0.05) is 42.9 Å². The normalized spacial score (nSPS) is 10.7. The summed E-state index contributed by atoms with van der Waals surface area (Å²) in [6, 6.07) is 7.58. The highest BCUT2D eigenvalue weighted by Crippen LogP contribution is 2.18. The highest BCUT2D eigenvalue weighted by molar-refractivity contribution is 8.00. The van der Waals surface area contributed by atoms with Crippen LogP contribution in [0.25, 0.3) is 0 Å². The van der Waals surface area contributed by atoms with Crippen molar-refractivity contribution in [3.63, 3.8) is 0 Å².